The largest absolute Gasteiger partial charge is 0.309 e. The summed E-state index contributed by atoms with van der Waals surface area (Å²) in [5.41, 5.74) is -0.197. The van der Waals surface area contributed by atoms with Crippen LogP contribution in [0.4, 0.5) is 18.9 Å². The lowest BCUT2D eigenvalue weighted by molar-refractivity contribution is -0.117. The zero-order valence-corrected chi connectivity index (χ0v) is 10.3. The van der Waals surface area contributed by atoms with Crippen molar-refractivity contribution in [2.75, 3.05) is 16.8 Å². The van der Waals surface area contributed by atoms with E-state index >= 15 is 0 Å². The molecule has 2 nitrogen and oxygen atoms in total. The van der Waals surface area contributed by atoms with Gasteiger partial charge in [0.25, 0.3) is 0 Å². The predicted octanol–water partition coefficient (Wildman–Crippen LogP) is 2.85. The van der Waals surface area contributed by atoms with Gasteiger partial charge in [-0.3, -0.25) is 4.79 Å². The fraction of sp³-hybridized carbons (Fsp3) is 0.364. The van der Waals surface area contributed by atoms with E-state index in [1.807, 2.05) is 0 Å². The van der Waals surface area contributed by atoms with E-state index < -0.39 is 17.5 Å². The lowest BCUT2D eigenvalue weighted by Gasteiger charge is -2.17. The highest BCUT2D eigenvalue weighted by atomic mass is 79.9. The third-order valence-electron chi connectivity index (χ3n) is 2.70. The second kappa shape index (κ2) is 4.68. The highest BCUT2D eigenvalue weighted by Crippen LogP contribution is 2.29. The molecule has 1 aliphatic heterocycles. The molecule has 1 aromatic carbocycles. The molecule has 1 atom stereocenters. The normalized spacial score (nSPS) is 20.1. The Morgan fingerprint density at radius 1 is 1.24 bits per heavy atom. The summed E-state index contributed by atoms with van der Waals surface area (Å²) in [7, 11) is 0. The van der Waals surface area contributed by atoms with Gasteiger partial charge in [0, 0.05) is 30.4 Å². The predicted molar refractivity (Wildman–Crippen MR) is 60.6 cm³/mol. The van der Waals surface area contributed by atoms with Gasteiger partial charge in [0.1, 0.15) is 5.82 Å². The maximum atomic E-state index is 13.5. The molecule has 0 aliphatic carbocycles. The van der Waals surface area contributed by atoms with Crippen LogP contribution in [0.1, 0.15) is 6.42 Å². The van der Waals surface area contributed by atoms with E-state index in [0.29, 0.717) is 17.9 Å². The minimum absolute atomic E-state index is 0.0648. The van der Waals surface area contributed by atoms with Crippen LogP contribution >= 0.6 is 15.9 Å². The van der Waals surface area contributed by atoms with Crippen molar-refractivity contribution in [3.63, 3.8) is 0 Å². The molecule has 17 heavy (non-hydrogen) atoms. The quantitative estimate of drug-likeness (QED) is 0.608. The first-order valence-corrected chi connectivity index (χ1v) is 6.16. The smallest absolute Gasteiger partial charge is 0.227 e. The number of carbonyl (C=O) groups is 1. The molecule has 0 N–H and O–H groups in total. The number of rotatable bonds is 2. The number of benzene rings is 1. The minimum atomic E-state index is -1.25. The van der Waals surface area contributed by atoms with Gasteiger partial charge in [-0.25, -0.2) is 13.2 Å². The van der Waals surface area contributed by atoms with Gasteiger partial charge in [0.05, 0.1) is 5.69 Å². The molecule has 0 aromatic heterocycles. The van der Waals surface area contributed by atoms with Crippen LogP contribution in [0.2, 0.25) is 0 Å². The molecular formula is C11H9BrF3NO. The summed E-state index contributed by atoms with van der Waals surface area (Å²) in [6, 6.07) is 1.18. The van der Waals surface area contributed by atoms with Crippen molar-refractivity contribution in [3.8, 4) is 0 Å². The molecule has 1 heterocycles. The van der Waals surface area contributed by atoms with Gasteiger partial charge in [-0.15, -0.1) is 0 Å². The molecule has 1 saturated heterocycles. The van der Waals surface area contributed by atoms with Gasteiger partial charge < -0.3 is 4.90 Å². The van der Waals surface area contributed by atoms with Crippen molar-refractivity contribution < 1.29 is 18.0 Å². The van der Waals surface area contributed by atoms with Crippen LogP contribution in [-0.2, 0) is 4.79 Å². The Kier molecular flexibility index (Phi) is 3.42. The van der Waals surface area contributed by atoms with E-state index in [9.17, 15) is 18.0 Å². The average Bonchev–Trinajstić information content (AvgIpc) is 2.65. The summed E-state index contributed by atoms with van der Waals surface area (Å²) in [5.74, 6) is -3.55. The van der Waals surface area contributed by atoms with E-state index in [-0.39, 0.29) is 23.9 Å². The van der Waals surface area contributed by atoms with Crippen LogP contribution in [0.3, 0.4) is 0 Å². The molecule has 1 unspecified atom stereocenters. The van der Waals surface area contributed by atoms with E-state index in [0.717, 1.165) is 11.0 Å². The van der Waals surface area contributed by atoms with Gasteiger partial charge in [-0.2, -0.15) is 0 Å². The van der Waals surface area contributed by atoms with Crippen molar-refractivity contribution in [2.24, 2.45) is 5.92 Å². The Bertz CT molecular complexity index is 466. The molecule has 6 heteroatoms. The molecule has 92 valence electrons. The molecule has 0 bridgehead atoms. The van der Waals surface area contributed by atoms with Crippen molar-refractivity contribution in [1.29, 1.82) is 0 Å². The van der Waals surface area contributed by atoms with Crippen LogP contribution in [0.15, 0.2) is 12.1 Å². The standard InChI is InChI=1S/C11H9BrF3NO/c12-4-6-1-11(17)16(5-6)10-3-8(14)7(13)2-9(10)15/h2-3,6H,1,4-5H2. The topological polar surface area (TPSA) is 20.3 Å². The second-order valence-electron chi connectivity index (χ2n) is 3.95. The van der Waals surface area contributed by atoms with Gasteiger partial charge in [-0.05, 0) is 5.92 Å². The first-order chi connectivity index (χ1) is 8.02. The molecule has 2 rings (SSSR count). The maximum absolute atomic E-state index is 13.5. The van der Waals surface area contributed by atoms with Crippen LogP contribution < -0.4 is 4.90 Å². The molecule has 0 saturated carbocycles. The first-order valence-electron chi connectivity index (χ1n) is 5.03. The Labute approximate surface area is 105 Å². The number of anilines is 1. The Morgan fingerprint density at radius 3 is 2.47 bits per heavy atom. The number of halogens is 4. The van der Waals surface area contributed by atoms with Crippen molar-refractivity contribution in [1.82, 2.24) is 0 Å². The summed E-state index contributed by atoms with van der Waals surface area (Å²) < 4.78 is 39.3. The third-order valence-corrected chi connectivity index (χ3v) is 3.62. The van der Waals surface area contributed by atoms with E-state index in [2.05, 4.69) is 15.9 Å². The fourth-order valence-electron chi connectivity index (χ4n) is 1.84. The van der Waals surface area contributed by atoms with Crippen LogP contribution in [0.25, 0.3) is 0 Å². The summed E-state index contributed by atoms with van der Waals surface area (Å²) in [6.45, 7) is 0.312. The highest BCUT2D eigenvalue weighted by Gasteiger charge is 2.32. The molecule has 0 radical (unpaired) electrons. The highest BCUT2D eigenvalue weighted by molar-refractivity contribution is 9.09. The number of hydrogen-bond acceptors (Lipinski definition) is 1. The van der Waals surface area contributed by atoms with Crippen molar-refractivity contribution in [3.05, 3.63) is 29.6 Å². The van der Waals surface area contributed by atoms with E-state index in [1.54, 1.807) is 0 Å². The van der Waals surface area contributed by atoms with Gasteiger partial charge in [0.15, 0.2) is 11.6 Å². The van der Waals surface area contributed by atoms with Crippen LogP contribution in [-0.4, -0.2) is 17.8 Å². The second-order valence-corrected chi connectivity index (χ2v) is 4.59. The number of nitrogens with zero attached hydrogens (tertiary/aromatic N) is 1. The summed E-state index contributed by atoms with van der Waals surface area (Å²) in [4.78, 5) is 12.8. The van der Waals surface area contributed by atoms with Gasteiger partial charge in [0.2, 0.25) is 5.91 Å². The molecule has 1 fully saturated rings. The Balaban J connectivity index is 2.35. The van der Waals surface area contributed by atoms with Crippen LogP contribution in [0, 0.1) is 23.4 Å². The SMILES string of the molecule is O=C1CC(CBr)CN1c1cc(F)c(F)cc1F. The van der Waals surface area contributed by atoms with Crippen molar-refractivity contribution >= 4 is 27.5 Å². The third kappa shape index (κ3) is 2.31. The monoisotopic (exact) mass is 307 g/mol. The summed E-state index contributed by atoms with van der Waals surface area (Å²) in [5, 5.41) is 0.612. The maximum Gasteiger partial charge on any atom is 0.227 e. The molecule has 1 amide bonds. The zero-order valence-electron chi connectivity index (χ0n) is 8.72. The number of alkyl halides is 1. The zero-order chi connectivity index (χ0) is 12.6. The van der Waals surface area contributed by atoms with Gasteiger partial charge >= 0.3 is 0 Å². The van der Waals surface area contributed by atoms with Gasteiger partial charge in [-0.1, -0.05) is 15.9 Å². The van der Waals surface area contributed by atoms with Crippen LogP contribution in [0.5, 0.6) is 0 Å². The van der Waals surface area contributed by atoms with E-state index in [4.69, 9.17) is 0 Å². The molecule has 1 aromatic rings. The number of amides is 1. The summed E-state index contributed by atoms with van der Waals surface area (Å²) >= 11 is 3.24. The molecular weight excluding hydrogens is 299 g/mol. The number of hydrogen-bond donors (Lipinski definition) is 0. The fourth-order valence-corrected chi connectivity index (χ4v) is 2.27. The lowest BCUT2D eigenvalue weighted by atomic mass is 10.2. The number of carbonyl (C=O) groups excluding carboxylic acids is 1. The molecule has 0 spiro atoms. The lowest BCUT2D eigenvalue weighted by Crippen LogP contribution is -2.26. The summed E-state index contributed by atoms with van der Waals surface area (Å²) in [6.07, 6.45) is 0.281. The minimum Gasteiger partial charge on any atom is -0.309 e. The van der Waals surface area contributed by atoms with E-state index in [1.165, 1.54) is 0 Å². The Morgan fingerprint density at radius 2 is 1.88 bits per heavy atom. The first kappa shape index (κ1) is 12.4. The van der Waals surface area contributed by atoms with Crippen molar-refractivity contribution in [2.45, 2.75) is 6.42 Å². The average molecular weight is 308 g/mol. The molecule has 1 aliphatic rings. The Hall–Kier alpha value is -1.04.